The lowest BCUT2D eigenvalue weighted by molar-refractivity contribution is -0.155. The van der Waals surface area contributed by atoms with Crippen molar-refractivity contribution in [3.8, 4) is 0 Å². The van der Waals surface area contributed by atoms with Crippen molar-refractivity contribution in [2.24, 2.45) is 5.92 Å². The number of hydrogen-bond acceptors (Lipinski definition) is 3. The molecule has 1 unspecified atom stereocenters. The van der Waals surface area contributed by atoms with Crippen LogP contribution in [0.5, 0.6) is 0 Å². The molecule has 0 aromatic heterocycles. The molecule has 0 radical (unpaired) electrons. The van der Waals surface area contributed by atoms with Gasteiger partial charge in [-0.3, -0.25) is 4.79 Å². The zero-order chi connectivity index (χ0) is 11.6. The van der Waals surface area contributed by atoms with Crippen LogP contribution in [0.2, 0.25) is 0 Å². The highest BCUT2D eigenvalue weighted by Gasteiger charge is 2.43. The maximum atomic E-state index is 12.0. The lowest BCUT2D eigenvalue weighted by atomic mass is 9.71. The third kappa shape index (κ3) is 2.64. The van der Waals surface area contributed by atoms with Crippen molar-refractivity contribution >= 4 is 5.78 Å². The number of rotatable bonds is 4. The maximum Gasteiger partial charge on any atom is 0.149 e. The highest BCUT2D eigenvalue weighted by Crippen LogP contribution is 2.44. The summed E-state index contributed by atoms with van der Waals surface area (Å²) in [5, 5.41) is 3.22. The van der Waals surface area contributed by atoms with Gasteiger partial charge in [0.05, 0.1) is 12.1 Å². The van der Waals surface area contributed by atoms with Crippen LogP contribution in [0.3, 0.4) is 0 Å². The number of ether oxygens (including phenoxy) is 1. The summed E-state index contributed by atoms with van der Waals surface area (Å²) in [6.45, 7) is 5.45. The average Bonchev–Trinajstić information content (AvgIpc) is 2.24. The van der Waals surface area contributed by atoms with Gasteiger partial charge in [0.1, 0.15) is 5.78 Å². The van der Waals surface area contributed by atoms with E-state index < -0.39 is 0 Å². The summed E-state index contributed by atoms with van der Waals surface area (Å²) < 4.78 is 5.83. The van der Waals surface area contributed by atoms with Crippen LogP contribution in [-0.2, 0) is 9.53 Å². The Morgan fingerprint density at radius 2 is 2.25 bits per heavy atom. The standard InChI is InChI=1S/C13H23NO2/c1-10(2)14-9-12(15)11-4-7-16-13(8-11)5-3-6-13/h10-11,14H,3-9H2,1-2H3. The maximum absolute atomic E-state index is 12.0. The molecular weight excluding hydrogens is 202 g/mol. The monoisotopic (exact) mass is 225 g/mol. The van der Waals surface area contributed by atoms with Crippen LogP contribution < -0.4 is 5.32 Å². The molecule has 0 aromatic rings. The molecule has 0 bridgehead atoms. The van der Waals surface area contributed by atoms with Crippen molar-refractivity contribution in [1.29, 1.82) is 0 Å². The minimum atomic E-state index is 0.0937. The first-order valence-corrected chi connectivity index (χ1v) is 6.51. The smallest absolute Gasteiger partial charge is 0.149 e. The second-order valence-corrected chi connectivity index (χ2v) is 5.58. The first-order chi connectivity index (χ1) is 7.61. The van der Waals surface area contributed by atoms with Gasteiger partial charge in [-0.1, -0.05) is 13.8 Å². The van der Waals surface area contributed by atoms with Crippen LogP contribution in [0.25, 0.3) is 0 Å². The van der Waals surface area contributed by atoms with Gasteiger partial charge in [0.25, 0.3) is 0 Å². The summed E-state index contributed by atoms with van der Waals surface area (Å²) in [5.74, 6) is 0.614. The molecule has 2 rings (SSSR count). The highest BCUT2D eigenvalue weighted by molar-refractivity contribution is 5.83. The van der Waals surface area contributed by atoms with E-state index in [1.807, 2.05) is 0 Å². The second-order valence-electron chi connectivity index (χ2n) is 5.58. The van der Waals surface area contributed by atoms with Crippen molar-refractivity contribution in [2.45, 2.75) is 57.6 Å². The molecule has 1 heterocycles. The Bertz CT molecular complexity index is 259. The summed E-state index contributed by atoms with van der Waals surface area (Å²) in [4.78, 5) is 12.0. The third-order valence-corrected chi connectivity index (χ3v) is 3.90. The van der Waals surface area contributed by atoms with Gasteiger partial charge in [0.2, 0.25) is 0 Å². The van der Waals surface area contributed by atoms with Crippen molar-refractivity contribution in [1.82, 2.24) is 5.32 Å². The Kier molecular flexibility index (Phi) is 3.65. The van der Waals surface area contributed by atoms with Crippen molar-refractivity contribution in [3.05, 3.63) is 0 Å². The molecule has 3 heteroatoms. The third-order valence-electron chi connectivity index (χ3n) is 3.90. The van der Waals surface area contributed by atoms with E-state index >= 15 is 0 Å². The number of nitrogens with one attached hydrogen (secondary N) is 1. The minimum absolute atomic E-state index is 0.0937. The van der Waals surface area contributed by atoms with Gasteiger partial charge in [-0.05, 0) is 32.1 Å². The van der Waals surface area contributed by atoms with E-state index in [0.717, 1.165) is 32.3 Å². The van der Waals surface area contributed by atoms with Crippen LogP contribution in [0.1, 0.15) is 46.0 Å². The van der Waals surface area contributed by atoms with E-state index in [4.69, 9.17) is 4.74 Å². The Morgan fingerprint density at radius 3 is 2.81 bits per heavy atom. The SMILES string of the molecule is CC(C)NCC(=O)C1CCOC2(CCC2)C1. The van der Waals surface area contributed by atoms with E-state index in [2.05, 4.69) is 19.2 Å². The molecule has 0 aromatic carbocycles. The van der Waals surface area contributed by atoms with E-state index in [0.29, 0.717) is 18.4 Å². The first kappa shape index (κ1) is 12.1. The number of carbonyl (C=O) groups excluding carboxylic acids is 1. The molecule has 3 nitrogen and oxygen atoms in total. The molecule has 1 saturated heterocycles. The molecule has 1 atom stereocenters. The fraction of sp³-hybridized carbons (Fsp3) is 0.923. The summed E-state index contributed by atoms with van der Waals surface area (Å²) >= 11 is 0. The zero-order valence-corrected chi connectivity index (χ0v) is 10.4. The number of ketones is 1. The molecule has 1 aliphatic heterocycles. The summed E-state index contributed by atoms with van der Waals surface area (Å²) in [6.07, 6.45) is 5.47. The van der Waals surface area contributed by atoms with Crippen molar-refractivity contribution in [3.63, 3.8) is 0 Å². The molecular formula is C13H23NO2. The summed E-state index contributed by atoms with van der Waals surface area (Å²) in [5.41, 5.74) is 0.0937. The van der Waals surface area contributed by atoms with Crippen molar-refractivity contribution < 1.29 is 9.53 Å². The van der Waals surface area contributed by atoms with Crippen LogP contribution in [-0.4, -0.2) is 30.6 Å². The van der Waals surface area contributed by atoms with Gasteiger partial charge < -0.3 is 10.1 Å². The van der Waals surface area contributed by atoms with Crippen LogP contribution >= 0.6 is 0 Å². The Hall–Kier alpha value is -0.410. The van der Waals surface area contributed by atoms with Crippen LogP contribution in [0.15, 0.2) is 0 Å². The summed E-state index contributed by atoms with van der Waals surface area (Å²) in [6, 6.07) is 0.390. The first-order valence-electron chi connectivity index (χ1n) is 6.51. The molecule has 1 spiro atoms. The van der Waals surface area contributed by atoms with Gasteiger partial charge in [0, 0.05) is 18.6 Å². The Morgan fingerprint density at radius 1 is 1.50 bits per heavy atom. The topological polar surface area (TPSA) is 38.3 Å². The van der Waals surface area contributed by atoms with E-state index in [9.17, 15) is 4.79 Å². The van der Waals surface area contributed by atoms with E-state index in [1.165, 1.54) is 6.42 Å². The lowest BCUT2D eigenvalue weighted by Gasteiger charge is -2.46. The molecule has 1 N–H and O–H groups in total. The minimum Gasteiger partial charge on any atom is -0.375 e. The van der Waals surface area contributed by atoms with Crippen LogP contribution in [0.4, 0.5) is 0 Å². The number of Topliss-reactive ketones (excluding diaryl/α,β-unsaturated/α-hetero) is 1. The molecule has 92 valence electrons. The zero-order valence-electron chi connectivity index (χ0n) is 10.4. The lowest BCUT2D eigenvalue weighted by Crippen LogP contribution is -2.48. The van der Waals surface area contributed by atoms with Gasteiger partial charge in [-0.2, -0.15) is 0 Å². The summed E-state index contributed by atoms with van der Waals surface area (Å²) in [7, 11) is 0. The van der Waals surface area contributed by atoms with Crippen LogP contribution in [0, 0.1) is 5.92 Å². The van der Waals surface area contributed by atoms with E-state index in [1.54, 1.807) is 0 Å². The molecule has 16 heavy (non-hydrogen) atoms. The normalized spacial score (nSPS) is 28.1. The average molecular weight is 225 g/mol. The van der Waals surface area contributed by atoms with Gasteiger partial charge >= 0.3 is 0 Å². The molecule has 1 saturated carbocycles. The highest BCUT2D eigenvalue weighted by atomic mass is 16.5. The fourth-order valence-corrected chi connectivity index (χ4v) is 2.67. The Labute approximate surface area is 97.9 Å². The molecule has 2 aliphatic rings. The van der Waals surface area contributed by atoms with E-state index in [-0.39, 0.29) is 11.5 Å². The number of carbonyl (C=O) groups is 1. The molecule has 0 amide bonds. The predicted molar refractivity (Wildman–Crippen MR) is 63.4 cm³/mol. The molecule has 2 fully saturated rings. The quantitative estimate of drug-likeness (QED) is 0.794. The fourth-order valence-electron chi connectivity index (χ4n) is 2.67. The number of hydrogen-bond donors (Lipinski definition) is 1. The largest absolute Gasteiger partial charge is 0.375 e. The Balaban J connectivity index is 1.82. The van der Waals surface area contributed by atoms with Gasteiger partial charge in [0.15, 0.2) is 0 Å². The van der Waals surface area contributed by atoms with Crippen molar-refractivity contribution in [2.75, 3.05) is 13.2 Å². The van der Waals surface area contributed by atoms with Gasteiger partial charge in [-0.15, -0.1) is 0 Å². The predicted octanol–water partition coefficient (Wildman–Crippen LogP) is 1.90. The van der Waals surface area contributed by atoms with Gasteiger partial charge in [-0.25, -0.2) is 0 Å². The second kappa shape index (κ2) is 4.84. The molecule has 1 aliphatic carbocycles.